The normalized spacial score (nSPS) is 14.7. The van der Waals surface area contributed by atoms with Crippen molar-refractivity contribution >= 4 is 40.8 Å². The van der Waals surface area contributed by atoms with Crippen LogP contribution in [0.3, 0.4) is 0 Å². The van der Waals surface area contributed by atoms with Gasteiger partial charge < -0.3 is 20.3 Å². The fourth-order valence-electron chi connectivity index (χ4n) is 4.96. The molecular weight excluding hydrogens is 553 g/mol. The van der Waals surface area contributed by atoms with E-state index in [1.807, 2.05) is 55.5 Å². The predicted molar refractivity (Wildman–Crippen MR) is 168 cm³/mol. The zero-order valence-electron chi connectivity index (χ0n) is 25.0. The summed E-state index contributed by atoms with van der Waals surface area (Å²) >= 11 is 1.46. The molecular formula is C32H40FN5O3S. The van der Waals surface area contributed by atoms with Crippen LogP contribution < -0.4 is 10.6 Å². The summed E-state index contributed by atoms with van der Waals surface area (Å²) in [7, 11) is 1.93. The largest absolute Gasteiger partial charge is 0.444 e. The second kappa shape index (κ2) is 13.0. The van der Waals surface area contributed by atoms with Crippen molar-refractivity contribution in [2.45, 2.75) is 64.9 Å². The molecule has 2 aromatic heterocycles. The number of imidazole rings is 1. The van der Waals surface area contributed by atoms with E-state index in [1.54, 1.807) is 17.0 Å². The topological polar surface area (TPSA) is 93.2 Å². The van der Waals surface area contributed by atoms with Crippen LogP contribution in [0, 0.1) is 5.82 Å². The SMILES string of the molecule is C=C(S/C=C(\C)c1ccc(F)cc1)N(C)c1c(CCC(N)=O)nc2ccc(C3CCN(C(=O)OC(C)(C)C)CC3)cn12. The first-order valence-corrected chi connectivity index (χ1v) is 15.0. The predicted octanol–water partition coefficient (Wildman–Crippen LogP) is 6.71. The molecule has 3 heterocycles. The minimum absolute atomic E-state index is 0.184. The Morgan fingerprint density at radius 1 is 1.19 bits per heavy atom. The Balaban J connectivity index is 1.56. The number of benzene rings is 1. The van der Waals surface area contributed by atoms with Gasteiger partial charge in [-0.3, -0.25) is 9.20 Å². The molecule has 2 amide bonds. The number of ether oxygens (including phenoxy) is 1. The lowest BCUT2D eigenvalue weighted by Gasteiger charge is -2.33. The summed E-state index contributed by atoms with van der Waals surface area (Å²) in [6.07, 6.45) is 4.08. The number of fused-ring (bicyclic) bond motifs is 1. The van der Waals surface area contributed by atoms with Crippen LogP contribution in [-0.4, -0.2) is 52.0 Å². The minimum Gasteiger partial charge on any atom is -0.444 e. The molecule has 1 saturated heterocycles. The first-order chi connectivity index (χ1) is 19.8. The number of allylic oxidation sites excluding steroid dienone is 1. The number of aromatic nitrogens is 2. The van der Waals surface area contributed by atoms with Crippen molar-refractivity contribution in [3.8, 4) is 0 Å². The Hall–Kier alpha value is -3.79. The first-order valence-electron chi connectivity index (χ1n) is 14.1. The lowest BCUT2D eigenvalue weighted by atomic mass is 9.90. The van der Waals surface area contributed by atoms with Gasteiger partial charge in [0.05, 0.1) is 10.7 Å². The van der Waals surface area contributed by atoms with Gasteiger partial charge in [-0.1, -0.05) is 36.5 Å². The van der Waals surface area contributed by atoms with E-state index in [0.29, 0.717) is 19.5 Å². The van der Waals surface area contributed by atoms with Crippen LogP contribution in [0.1, 0.15) is 69.7 Å². The minimum atomic E-state index is -0.521. The number of hydrogen-bond donors (Lipinski definition) is 1. The third-order valence-electron chi connectivity index (χ3n) is 7.28. The number of amides is 2. The molecule has 0 bridgehead atoms. The van der Waals surface area contributed by atoms with Gasteiger partial charge in [0.1, 0.15) is 22.9 Å². The quantitative estimate of drug-likeness (QED) is 0.297. The summed E-state index contributed by atoms with van der Waals surface area (Å²) in [5, 5.41) is 2.75. The number of halogens is 1. The average molecular weight is 594 g/mol. The van der Waals surface area contributed by atoms with Crippen LogP contribution in [0.15, 0.2) is 59.6 Å². The van der Waals surface area contributed by atoms with Gasteiger partial charge >= 0.3 is 6.09 Å². The number of primary amides is 1. The maximum Gasteiger partial charge on any atom is 0.410 e. The van der Waals surface area contributed by atoms with Crippen molar-refractivity contribution in [1.82, 2.24) is 14.3 Å². The van der Waals surface area contributed by atoms with Gasteiger partial charge in [-0.2, -0.15) is 0 Å². The number of aryl methyl sites for hydroxylation is 1. The van der Waals surface area contributed by atoms with E-state index in [2.05, 4.69) is 18.8 Å². The van der Waals surface area contributed by atoms with Crippen molar-refractivity contribution in [3.63, 3.8) is 0 Å². The van der Waals surface area contributed by atoms with Crippen molar-refractivity contribution < 1.29 is 18.7 Å². The third-order valence-corrected chi connectivity index (χ3v) is 8.29. The van der Waals surface area contributed by atoms with Crippen LogP contribution in [0.5, 0.6) is 0 Å². The highest BCUT2D eigenvalue weighted by atomic mass is 32.2. The zero-order chi connectivity index (χ0) is 30.6. The second-order valence-electron chi connectivity index (χ2n) is 11.7. The van der Waals surface area contributed by atoms with Crippen LogP contribution >= 0.6 is 11.8 Å². The molecule has 0 aliphatic carbocycles. The summed E-state index contributed by atoms with van der Waals surface area (Å²) in [4.78, 5) is 32.8. The highest BCUT2D eigenvalue weighted by molar-refractivity contribution is 8.06. The summed E-state index contributed by atoms with van der Waals surface area (Å²) in [5.41, 5.74) is 9.55. The van der Waals surface area contributed by atoms with E-state index in [1.165, 1.54) is 23.9 Å². The van der Waals surface area contributed by atoms with E-state index in [0.717, 1.165) is 51.7 Å². The lowest BCUT2D eigenvalue weighted by Crippen LogP contribution is -2.41. The number of nitrogens with two attached hydrogens (primary N) is 1. The highest BCUT2D eigenvalue weighted by Crippen LogP contribution is 2.34. The van der Waals surface area contributed by atoms with Crippen LogP contribution in [0.25, 0.3) is 11.2 Å². The number of carbonyl (C=O) groups is 2. The van der Waals surface area contributed by atoms with Crippen LogP contribution in [0.2, 0.25) is 0 Å². The van der Waals surface area contributed by atoms with Crippen molar-refractivity contribution in [3.05, 3.63) is 82.2 Å². The summed E-state index contributed by atoms with van der Waals surface area (Å²) in [5.74, 6) is 0.447. The maximum absolute atomic E-state index is 13.4. The molecule has 0 unspecified atom stereocenters. The van der Waals surface area contributed by atoms with Gasteiger partial charge in [0.15, 0.2) is 0 Å². The molecule has 3 aromatic rings. The molecule has 224 valence electrons. The maximum atomic E-state index is 13.4. The zero-order valence-corrected chi connectivity index (χ0v) is 25.8. The van der Waals surface area contributed by atoms with E-state index in [-0.39, 0.29) is 30.2 Å². The molecule has 2 N–H and O–H groups in total. The number of rotatable bonds is 9. The Morgan fingerprint density at radius 3 is 2.48 bits per heavy atom. The number of piperidine rings is 1. The van der Waals surface area contributed by atoms with Gasteiger partial charge in [-0.05, 0) is 86.8 Å². The molecule has 0 radical (unpaired) electrons. The van der Waals surface area contributed by atoms with Crippen molar-refractivity contribution in [2.75, 3.05) is 25.0 Å². The van der Waals surface area contributed by atoms with Gasteiger partial charge in [-0.15, -0.1) is 0 Å². The number of pyridine rings is 1. The van der Waals surface area contributed by atoms with Crippen molar-refractivity contribution in [1.29, 1.82) is 0 Å². The number of thioether (sulfide) groups is 1. The standard InChI is InChI=1S/C32H40FN5O3S/c1-21(23-7-10-26(33)11-8-23)20-42-22(2)36(6)30-27(12-13-28(34)39)35-29-14-9-25(19-38(29)30)24-15-17-37(18-16-24)31(40)41-32(3,4)5/h7-11,14,19-20,24H,2,12-13,15-18H2,1,3-6H3,(H2,34,39)/b21-20+. The Labute approximate surface area is 251 Å². The second-order valence-corrected chi connectivity index (χ2v) is 12.6. The van der Waals surface area contributed by atoms with E-state index in [9.17, 15) is 14.0 Å². The Bertz CT molecular complexity index is 1480. The highest BCUT2D eigenvalue weighted by Gasteiger charge is 2.28. The van der Waals surface area contributed by atoms with E-state index < -0.39 is 5.60 Å². The monoisotopic (exact) mass is 593 g/mol. The van der Waals surface area contributed by atoms with Crippen LogP contribution in [0.4, 0.5) is 15.0 Å². The smallest absolute Gasteiger partial charge is 0.410 e. The molecule has 8 nitrogen and oxygen atoms in total. The average Bonchev–Trinajstić information content (AvgIpc) is 3.31. The molecule has 0 spiro atoms. The molecule has 10 heteroatoms. The molecule has 1 fully saturated rings. The number of nitrogens with zero attached hydrogens (tertiary/aromatic N) is 4. The molecule has 1 aliphatic rings. The van der Waals surface area contributed by atoms with Crippen LogP contribution in [-0.2, 0) is 16.0 Å². The Kier molecular flexibility index (Phi) is 9.66. The number of anilines is 1. The molecule has 0 atom stereocenters. The lowest BCUT2D eigenvalue weighted by molar-refractivity contribution is -0.118. The van der Waals surface area contributed by atoms with Gasteiger partial charge in [0, 0.05) is 39.2 Å². The number of carbonyl (C=O) groups excluding carboxylic acids is 2. The molecule has 1 aliphatic heterocycles. The van der Waals surface area contributed by atoms with Crippen molar-refractivity contribution in [2.24, 2.45) is 5.73 Å². The third kappa shape index (κ3) is 7.73. The molecule has 4 rings (SSSR count). The Morgan fingerprint density at radius 2 is 1.86 bits per heavy atom. The molecule has 42 heavy (non-hydrogen) atoms. The summed E-state index contributed by atoms with van der Waals surface area (Å²) < 4.78 is 21.0. The van der Waals surface area contributed by atoms with Gasteiger partial charge in [0.2, 0.25) is 5.91 Å². The van der Waals surface area contributed by atoms with Gasteiger partial charge in [0.25, 0.3) is 0 Å². The number of likely N-dealkylation sites (tertiary alicyclic amines) is 1. The summed E-state index contributed by atoms with van der Waals surface area (Å²) in [6, 6.07) is 10.5. The molecule has 1 aromatic carbocycles. The number of hydrogen-bond acceptors (Lipinski definition) is 6. The van der Waals surface area contributed by atoms with E-state index in [4.69, 9.17) is 15.5 Å². The van der Waals surface area contributed by atoms with E-state index >= 15 is 0 Å². The van der Waals surface area contributed by atoms with Gasteiger partial charge in [-0.25, -0.2) is 14.2 Å². The first kappa shape index (κ1) is 31.2. The fraction of sp³-hybridized carbons (Fsp3) is 0.406. The summed E-state index contributed by atoms with van der Waals surface area (Å²) in [6.45, 7) is 13.2. The fourth-order valence-corrected chi connectivity index (χ4v) is 5.65. The molecule has 0 saturated carbocycles.